The van der Waals surface area contributed by atoms with E-state index in [9.17, 15) is 14.4 Å². The van der Waals surface area contributed by atoms with Crippen molar-refractivity contribution in [2.45, 2.75) is 64.5 Å². The summed E-state index contributed by atoms with van der Waals surface area (Å²) in [7, 11) is 1.59. The van der Waals surface area contributed by atoms with E-state index in [0.717, 1.165) is 31.4 Å². The van der Waals surface area contributed by atoms with Crippen LogP contribution < -0.4 is 20.3 Å². The average Bonchev–Trinajstić information content (AvgIpc) is 3.14. The van der Waals surface area contributed by atoms with Gasteiger partial charge in [0.15, 0.2) is 0 Å². The van der Waals surface area contributed by atoms with Crippen LogP contribution in [0.3, 0.4) is 0 Å². The van der Waals surface area contributed by atoms with Crippen LogP contribution in [0.5, 0.6) is 5.75 Å². The van der Waals surface area contributed by atoms with Crippen molar-refractivity contribution in [3.63, 3.8) is 0 Å². The molecule has 0 bridgehead atoms. The number of benzene rings is 1. The van der Waals surface area contributed by atoms with Gasteiger partial charge < -0.3 is 20.3 Å². The molecule has 164 valence electrons. The zero-order valence-corrected chi connectivity index (χ0v) is 18.1. The molecule has 1 heterocycles. The number of methoxy groups -OCH3 is 1. The third-order valence-corrected chi connectivity index (χ3v) is 6.08. The molecule has 2 N–H and O–H groups in total. The smallest absolute Gasteiger partial charge is 0.243 e. The van der Waals surface area contributed by atoms with E-state index in [0.29, 0.717) is 12.3 Å². The normalized spacial score (nSPS) is 20.9. The lowest BCUT2D eigenvalue weighted by Gasteiger charge is -2.28. The van der Waals surface area contributed by atoms with Crippen LogP contribution in [0.15, 0.2) is 24.3 Å². The van der Waals surface area contributed by atoms with Crippen molar-refractivity contribution in [3.8, 4) is 5.75 Å². The van der Waals surface area contributed by atoms with Crippen molar-refractivity contribution in [2.24, 2.45) is 11.8 Å². The highest BCUT2D eigenvalue weighted by molar-refractivity contribution is 6.01. The molecule has 2 aliphatic rings. The number of ether oxygens (including phenoxy) is 1. The van der Waals surface area contributed by atoms with Crippen molar-refractivity contribution < 1.29 is 19.1 Å². The van der Waals surface area contributed by atoms with Crippen LogP contribution in [0.25, 0.3) is 0 Å². The van der Waals surface area contributed by atoms with E-state index in [1.54, 1.807) is 24.1 Å². The lowest BCUT2D eigenvalue weighted by Crippen LogP contribution is -2.53. The lowest BCUT2D eigenvalue weighted by atomic mass is 9.94. The van der Waals surface area contributed by atoms with Gasteiger partial charge in [0, 0.05) is 24.7 Å². The Balaban J connectivity index is 1.60. The van der Waals surface area contributed by atoms with Gasteiger partial charge in [-0.05, 0) is 43.0 Å². The maximum atomic E-state index is 12.9. The Morgan fingerprint density at radius 3 is 2.37 bits per heavy atom. The Hall–Kier alpha value is -2.57. The molecule has 7 heteroatoms. The Morgan fingerprint density at radius 1 is 1.10 bits per heavy atom. The van der Waals surface area contributed by atoms with Gasteiger partial charge in [0.25, 0.3) is 0 Å². The number of carbonyl (C=O) groups is 3. The fraction of sp³-hybridized carbons (Fsp3) is 0.609. The highest BCUT2D eigenvalue weighted by Crippen LogP contribution is 2.27. The molecular formula is C23H33N3O4. The van der Waals surface area contributed by atoms with Crippen LogP contribution in [0, 0.1) is 11.8 Å². The summed E-state index contributed by atoms with van der Waals surface area (Å²) in [6, 6.07) is 6.81. The summed E-state index contributed by atoms with van der Waals surface area (Å²) in [5.74, 6) is -0.245. The predicted octanol–water partition coefficient (Wildman–Crippen LogP) is 2.64. The Kier molecular flexibility index (Phi) is 7.34. The van der Waals surface area contributed by atoms with Crippen LogP contribution in [-0.2, 0) is 14.4 Å². The largest absolute Gasteiger partial charge is 0.497 e. The van der Waals surface area contributed by atoms with Gasteiger partial charge in [-0.25, -0.2) is 0 Å². The molecule has 3 rings (SSSR count). The summed E-state index contributed by atoms with van der Waals surface area (Å²) in [4.78, 5) is 39.8. The second kappa shape index (κ2) is 9.96. The van der Waals surface area contributed by atoms with Crippen molar-refractivity contribution >= 4 is 23.4 Å². The molecule has 2 fully saturated rings. The maximum absolute atomic E-state index is 12.9. The highest BCUT2D eigenvalue weighted by Gasteiger charge is 2.37. The number of nitrogens with one attached hydrogen (secondary N) is 2. The molecule has 0 spiro atoms. The molecule has 1 aliphatic heterocycles. The van der Waals surface area contributed by atoms with E-state index < -0.39 is 12.0 Å². The molecule has 1 aromatic carbocycles. The number of carbonyl (C=O) groups excluding carboxylic acids is 3. The van der Waals surface area contributed by atoms with Crippen LogP contribution in [0.1, 0.15) is 52.4 Å². The number of hydrogen-bond donors (Lipinski definition) is 2. The minimum Gasteiger partial charge on any atom is -0.497 e. The lowest BCUT2D eigenvalue weighted by molar-refractivity contribution is -0.132. The summed E-state index contributed by atoms with van der Waals surface area (Å²) in [5.41, 5.74) is 0.742. The predicted molar refractivity (Wildman–Crippen MR) is 115 cm³/mol. The summed E-state index contributed by atoms with van der Waals surface area (Å²) < 4.78 is 5.16. The first kappa shape index (κ1) is 22.1. The summed E-state index contributed by atoms with van der Waals surface area (Å²) in [5, 5.41) is 6.02. The van der Waals surface area contributed by atoms with E-state index in [1.807, 2.05) is 26.0 Å². The molecule has 30 heavy (non-hydrogen) atoms. The Morgan fingerprint density at radius 2 is 1.77 bits per heavy atom. The van der Waals surface area contributed by atoms with Crippen molar-refractivity contribution in [1.82, 2.24) is 10.6 Å². The zero-order valence-electron chi connectivity index (χ0n) is 18.1. The first-order chi connectivity index (χ1) is 14.4. The Labute approximate surface area is 178 Å². The minimum absolute atomic E-state index is 0.0349. The van der Waals surface area contributed by atoms with Crippen molar-refractivity contribution in [3.05, 3.63) is 24.3 Å². The quantitative estimate of drug-likeness (QED) is 0.717. The molecule has 1 unspecified atom stereocenters. The van der Waals surface area contributed by atoms with Gasteiger partial charge in [-0.15, -0.1) is 0 Å². The van der Waals surface area contributed by atoms with E-state index in [2.05, 4.69) is 10.6 Å². The van der Waals surface area contributed by atoms with Gasteiger partial charge in [-0.2, -0.15) is 0 Å². The molecule has 0 aromatic heterocycles. The van der Waals surface area contributed by atoms with Crippen LogP contribution in [0.2, 0.25) is 0 Å². The monoisotopic (exact) mass is 415 g/mol. The standard InChI is InChI=1S/C23H33N3O4/c1-15(2)21(23(29)24-17-7-5-4-6-8-17)25-22(28)16-13-20(27)26(14-16)18-9-11-19(30-3)12-10-18/h9-12,15-17,21H,4-8,13-14H2,1-3H3,(H,24,29)(H,25,28)/t16?,21-/m1/s1. The summed E-state index contributed by atoms with van der Waals surface area (Å²) in [6.45, 7) is 4.16. The third-order valence-electron chi connectivity index (χ3n) is 6.08. The Bertz CT molecular complexity index is 756. The second-order valence-corrected chi connectivity index (χ2v) is 8.68. The highest BCUT2D eigenvalue weighted by atomic mass is 16.5. The molecule has 3 amide bonds. The second-order valence-electron chi connectivity index (χ2n) is 8.68. The SMILES string of the molecule is COc1ccc(N2CC(C(=O)N[C@@H](C(=O)NC3CCCCC3)C(C)C)CC2=O)cc1. The van der Waals surface area contributed by atoms with Crippen molar-refractivity contribution in [2.75, 3.05) is 18.6 Å². The first-order valence-electron chi connectivity index (χ1n) is 10.9. The van der Waals surface area contributed by atoms with Crippen molar-refractivity contribution in [1.29, 1.82) is 0 Å². The van der Waals surface area contributed by atoms with Crippen LogP contribution >= 0.6 is 0 Å². The van der Waals surface area contributed by atoms with Gasteiger partial charge in [0.1, 0.15) is 11.8 Å². The minimum atomic E-state index is -0.593. The van der Waals surface area contributed by atoms with E-state index >= 15 is 0 Å². The van der Waals surface area contributed by atoms with E-state index in [1.165, 1.54) is 6.42 Å². The topological polar surface area (TPSA) is 87.7 Å². The number of hydrogen-bond acceptors (Lipinski definition) is 4. The molecule has 2 atom stereocenters. The van der Waals surface area contributed by atoms with Crippen LogP contribution in [-0.4, -0.2) is 43.5 Å². The van der Waals surface area contributed by atoms with Gasteiger partial charge >= 0.3 is 0 Å². The molecular weight excluding hydrogens is 382 g/mol. The number of anilines is 1. The molecule has 7 nitrogen and oxygen atoms in total. The van der Waals surface area contributed by atoms with Gasteiger partial charge in [0.2, 0.25) is 17.7 Å². The van der Waals surface area contributed by atoms with Gasteiger partial charge in [-0.3, -0.25) is 14.4 Å². The summed E-state index contributed by atoms with van der Waals surface area (Å²) in [6.07, 6.45) is 5.63. The molecule has 1 aliphatic carbocycles. The molecule has 1 saturated carbocycles. The van der Waals surface area contributed by atoms with E-state index in [4.69, 9.17) is 4.74 Å². The maximum Gasteiger partial charge on any atom is 0.243 e. The summed E-state index contributed by atoms with van der Waals surface area (Å²) >= 11 is 0. The molecule has 0 radical (unpaired) electrons. The molecule has 1 aromatic rings. The fourth-order valence-electron chi connectivity index (χ4n) is 4.24. The first-order valence-corrected chi connectivity index (χ1v) is 10.9. The van der Waals surface area contributed by atoms with Gasteiger partial charge in [-0.1, -0.05) is 33.1 Å². The number of nitrogens with zero attached hydrogens (tertiary/aromatic N) is 1. The van der Waals surface area contributed by atoms with E-state index in [-0.39, 0.29) is 36.1 Å². The van der Waals surface area contributed by atoms with Gasteiger partial charge in [0.05, 0.1) is 13.0 Å². The van der Waals surface area contributed by atoms with Crippen LogP contribution in [0.4, 0.5) is 5.69 Å². The zero-order chi connectivity index (χ0) is 21.7. The average molecular weight is 416 g/mol. The number of amides is 3. The number of rotatable bonds is 7. The fourth-order valence-corrected chi connectivity index (χ4v) is 4.24. The third kappa shape index (κ3) is 5.32. The molecule has 1 saturated heterocycles.